The molecular weight excluding hydrogens is 384 g/mol. The number of alkyl halides is 3. The zero-order chi connectivity index (χ0) is 20.9. The van der Waals surface area contributed by atoms with Gasteiger partial charge >= 0.3 is 6.36 Å². The molecule has 0 N–H and O–H groups in total. The van der Waals surface area contributed by atoms with Gasteiger partial charge in [-0.1, -0.05) is 32.6 Å². The summed E-state index contributed by atoms with van der Waals surface area (Å²) in [5.74, 6) is 1.41. The van der Waals surface area contributed by atoms with E-state index < -0.39 is 17.9 Å². The Hall–Kier alpha value is -1.46. The van der Waals surface area contributed by atoms with E-state index in [9.17, 15) is 17.6 Å². The first-order valence-corrected chi connectivity index (χ1v) is 11.0. The Morgan fingerprint density at radius 2 is 1.48 bits per heavy atom. The minimum Gasteiger partial charge on any atom is -0.493 e. The summed E-state index contributed by atoms with van der Waals surface area (Å²) >= 11 is 0. The molecule has 0 atom stereocenters. The van der Waals surface area contributed by atoms with Crippen LogP contribution in [0.5, 0.6) is 11.5 Å². The molecule has 164 valence electrons. The number of halogens is 4. The molecule has 0 saturated heterocycles. The summed E-state index contributed by atoms with van der Waals surface area (Å²) in [5.41, 5.74) is 0. The zero-order valence-electron chi connectivity index (χ0n) is 17.1. The molecule has 0 spiro atoms. The van der Waals surface area contributed by atoms with Gasteiger partial charge in [0.05, 0.1) is 6.61 Å². The molecule has 2 fully saturated rings. The molecule has 0 aromatic heterocycles. The van der Waals surface area contributed by atoms with Crippen molar-refractivity contribution in [3.63, 3.8) is 0 Å². The minimum atomic E-state index is -4.91. The van der Waals surface area contributed by atoms with E-state index >= 15 is 0 Å². The number of ether oxygens (including phenoxy) is 2. The standard InChI is InChI=1S/C23H32F4O2/c1-2-3-16-4-8-18(9-5-16)19-10-6-17(7-11-19)15-28-20-12-13-22(21(24)14-20)29-23(25,26)27/h12-14,16-19H,2-11,15H2,1H3/t16-,17?,18-,19?. The normalized spacial score (nSPS) is 28.2. The molecule has 1 aromatic rings. The van der Waals surface area contributed by atoms with Gasteiger partial charge in [0.25, 0.3) is 0 Å². The van der Waals surface area contributed by atoms with Crippen molar-refractivity contribution < 1.29 is 27.0 Å². The predicted octanol–water partition coefficient (Wildman–Crippen LogP) is 7.52. The smallest absolute Gasteiger partial charge is 0.493 e. The highest BCUT2D eigenvalue weighted by Gasteiger charge is 2.33. The molecule has 0 amide bonds. The van der Waals surface area contributed by atoms with Gasteiger partial charge in [0.2, 0.25) is 0 Å². The predicted molar refractivity (Wildman–Crippen MR) is 104 cm³/mol. The largest absolute Gasteiger partial charge is 0.573 e. The molecule has 3 rings (SSSR count). The lowest BCUT2D eigenvalue weighted by Crippen LogP contribution is -2.27. The van der Waals surface area contributed by atoms with Crippen molar-refractivity contribution in [2.75, 3.05) is 6.61 Å². The highest BCUT2D eigenvalue weighted by atomic mass is 19.4. The molecule has 0 unspecified atom stereocenters. The molecule has 2 saturated carbocycles. The summed E-state index contributed by atoms with van der Waals surface area (Å²) in [6.45, 7) is 2.75. The molecule has 0 aliphatic heterocycles. The van der Waals surface area contributed by atoms with Gasteiger partial charge in [0, 0.05) is 6.07 Å². The molecule has 2 aliphatic carbocycles. The summed E-state index contributed by atoms with van der Waals surface area (Å²) < 4.78 is 59.7. The van der Waals surface area contributed by atoms with Crippen molar-refractivity contribution in [3.8, 4) is 11.5 Å². The fourth-order valence-electron chi connectivity index (χ4n) is 5.18. The van der Waals surface area contributed by atoms with E-state index in [1.54, 1.807) is 0 Å². The summed E-state index contributed by atoms with van der Waals surface area (Å²) in [5, 5.41) is 0. The van der Waals surface area contributed by atoms with Crippen LogP contribution in [0, 0.1) is 29.5 Å². The van der Waals surface area contributed by atoms with Gasteiger partial charge in [-0.15, -0.1) is 13.2 Å². The van der Waals surface area contributed by atoms with Crippen molar-refractivity contribution in [3.05, 3.63) is 24.0 Å². The van der Waals surface area contributed by atoms with Gasteiger partial charge in [0.1, 0.15) is 5.75 Å². The SMILES string of the molecule is CCC[C@H]1CC[C@H](C2CCC(COc3ccc(OC(F)(F)F)c(F)c3)CC2)CC1. The molecule has 0 radical (unpaired) electrons. The molecule has 2 aliphatic rings. The zero-order valence-corrected chi connectivity index (χ0v) is 17.1. The van der Waals surface area contributed by atoms with Gasteiger partial charge in [-0.05, 0) is 74.3 Å². The van der Waals surface area contributed by atoms with E-state index in [2.05, 4.69) is 11.7 Å². The topological polar surface area (TPSA) is 18.5 Å². The van der Waals surface area contributed by atoms with E-state index in [0.717, 1.165) is 42.7 Å². The van der Waals surface area contributed by atoms with E-state index in [0.29, 0.717) is 12.5 Å². The monoisotopic (exact) mass is 416 g/mol. The van der Waals surface area contributed by atoms with E-state index in [1.165, 1.54) is 57.4 Å². The Kier molecular flexibility index (Phi) is 7.69. The number of hydrogen-bond acceptors (Lipinski definition) is 2. The molecule has 2 nitrogen and oxygen atoms in total. The summed E-state index contributed by atoms with van der Waals surface area (Å²) in [7, 11) is 0. The van der Waals surface area contributed by atoms with E-state index in [1.807, 2.05) is 0 Å². The Morgan fingerprint density at radius 1 is 0.897 bits per heavy atom. The van der Waals surface area contributed by atoms with Gasteiger partial charge in [-0.3, -0.25) is 0 Å². The van der Waals surface area contributed by atoms with Crippen LogP contribution < -0.4 is 9.47 Å². The second-order valence-electron chi connectivity index (χ2n) is 8.80. The fraction of sp³-hybridized carbons (Fsp3) is 0.739. The first-order chi connectivity index (χ1) is 13.8. The van der Waals surface area contributed by atoms with Crippen LogP contribution in [0.3, 0.4) is 0 Å². The highest BCUT2D eigenvalue weighted by Crippen LogP contribution is 2.42. The Bertz CT molecular complexity index is 630. The Balaban J connectivity index is 1.40. The van der Waals surface area contributed by atoms with Crippen LogP contribution in [0.4, 0.5) is 17.6 Å². The second kappa shape index (κ2) is 10.0. The molecule has 6 heteroatoms. The second-order valence-corrected chi connectivity index (χ2v) is 8.80. The highest BCUT2D eigenvalue weighted by molar-refractivity contribution is 5.33. The first-order valence-electron chi connectivity index (χ1n) is 11.0. The Morgan fingerprint density at radius 3 is 2.00 bits per heavy atom. The van der Waals surface area contributed by atoms with Crippen molar-refractivity contribution in [1.82, 2.24) is 0 Å². The molecule has 1 aromatic carbocycles. The summed E-state index contributed by atoms with van der Waals surface area (Å²) in [6.07, 6.45) is 7.97. The van der Waals surface area contributed by atoms with Crippen LogP contribution >= 0.6 is 0 Å². The first kappa shape index (κ1) is 22.2. The van der Waals surface area contributed by atoms with Gasteiger partial charge in [0.15, 0.2) is 11.6 Å². The maximum absolute atomic E-state index is 13.8. The lowest BCUT2D eigenvalue weighted by Gasteiger charge is -2.37. The van der Waals surface area contributed by atoms with Crippen molar-refractivity contribution in [1.29, 1.82) is 0 Å². The lowest BCUT2D eigenvalue weighted by atomic mass is 9.69. The van der Waals surface area contributed by atoms with E-state index in [4.69, 9.17) is 4.74 Å². The third-order valence-corrected chi connectivity index (χ3v) is 6.76. The molecule has 0 bridgehead atoms. The Labute approximate surface area is 171 Å². The van der Waals surface area contributed by atoms with Crippen LogP contribution in [0.25, 0.3) is 0 Å². The average molecular weight is 416 g/mol. The van der Waals surface area contributed by atoms with Crippen LogP contribution in [0.1, 0.15) is 71.1 Å². The third kappa shape index (κ3) is 6.78. The van der Waals surface area contributed by atoms with Crippen molar-refractivity contribution >= 4 is 0 Å². The number of benzene rings is 1. The fourth-order valence-corrected chi connectivity index (χ4v) is 5.18. The van der Waals surface area contributed by atoms with Crippen LogP contribution in [-0.2, 0) is 0 Å². The number of rotatable bonds is 7. The maximum atomic E-state index is 13.8. The number of hydrogen-bond donors (Lipinski definition) is 0. The quantitative estimate of drug-likeness (QED) is 0.428. The van der Waals surface area contributed by atoms with Gasteiger partial charge in [-0.2, -0.15) is 0 Å². The molecule has 0 heterocycles. The average Bonchev–Trinajstić information content (AvgIpc) is 2.69. The van der Waals surface area contributed by atoms with Crippen LogP contribution in [-0.4, -0.2) is 13.0 Å². The maximum Gasteiger partial charge on any atom is 0.573 e. The van der Waals surface area contributed by atoms with Crippen LogP contribution in [0.15, 0.2) is 18.2 Å². The van der Waals surface area contributed by atoms with Gasteiger partial charge < -0.3 is 9.47 Å². The molecular formula is C23H32F4O2. The third-order valence-electron chi connectivity index (χ3n) is 6.76. The summed E-state index contributed by atoms with van der Waals surface area (Å²) in [4.78, 5) is 0. The van der Waals surface area contributed by atoms with Gasteiger partial charge in [-0.25, -0.2) is 4.39 Å². The van der Waals surface area contributed by atoms with E-state index in [-0.39, 0.29) is 5.75 Å². The van der Waals surface area contributed by atoms with Crippen molar-refractivity contribution in [2.45, 2.75) is 77.5 Å². The lowest BCUT2D eigenvalue weighted by molar-refractivity contribution is -0.275. The summed E-state index contributed by atoms with van der Waals surface area (Å²) in [6, 6.07) is 3.25. The minimum absolute atomic E-state index is 0.244. The molecule has 29 heavy (non-hydrogen) atoms. The van der Waals surface area contributed by atoms with Crippen LogP contribution in [0.2, 0.25) is 0 Å². The van der Waals surface area contributed by atoms with Crippen molar-refractivity contribution in [2.24, 2.45) is 23.7 Å².